The van der Waals surface area contributed by atoms with Crippen LogP contribution in [-0.2, 0) is 0 Å². The predicted octanol–water partition coefficient (Wildman–Crippen LogP) is 9.59. The van der Waals surface area contributed by atoms with Crippen LogP contribution in [0.25, 0.3) is 0 Å². The van der Waals surface area contributed by atoms with Crippen molar-refractivity contribution in [1.82, 2.24) is 0 Å². The summed E-state index contributed by atoms with van der Waals surface area (Å²) in [6.45, 7) is 0. The van der Waals surface area contributed by atoms with E-state index in [1.54, 1.807) is 0 Å². The molecule has 0 amide bonds. The van der Waals surface area contributed by atoms with Crippen LogP contribution in [0.1, 0.15) is 0 Å². The normalized spacial score (nSPS) is 12.3. The van der Waals surface area contributed by atoms with Crippen LogP contribution in [0.4, 0.5) is 55.3 Å². The number of rotatable bonds is 4. The van der Waals surface area contributed by atoms with E-state index in [-0.39, 0.29) is 9.79 Å². The third-order valence-corrected chi connectivity index (χ3v) is 8.41. The third-order valence-electron chi connectivity index (χ3n) is 5.17. The molecule has 0 aromatic heterocycles. The lowest BCUT2D eigenvalue weighted by atomic mass is 10.2. The highest BCUT2D eigenvalue weighted by atomic mass is 32.2. The highest BCUT2D eigenvalue weighted by molar-refractivity contribution is 8.00. The lowest BCUT2D eigenvalue weighted by molar-refractivity contribution is 0.361. The summed E-state index contributed by atoms with van der Waals surface area (Å²) < 4.78 is 137. The van der Waals surface area contributed by atoms with E-state index in [1.807, 2.05) is 0 Å². The van der Waals surface area contributed by atoms with Crippen LogP contribution in [0.2, 0.25) is 0 Å². The highest BCUT2D eigenvalue weighted by Gasteiger charge is 2.28. The van der Waals surface area contributed by atoms with Crippen molar-refractivity contribution in [3.63, 3.8) is 0 Å². The van der Waals surface area contributed by atoms with Gasteiger partial charge in [-0.15, -0.1) is 0 Å². The number of fused-ring (bicyclic) bond motifs is 2. The first-order chi connectivity index (χ1) is 18.0. The van der Waals surface area contributed by atoms with E-state index in [4.69, 9.17) is 0 Å². The molecule has 1 aliphatic rings. The van der Waals surface area contributed by atoms with Gasteiger partial charge in [0.15, 0.2) is 46.5 Å². The number of nitrogens with one attached hydrogen (secondary N) is 1. The molecule has 1 nitrogen and oxygen atoms in total. The molecule has 196 valence electrons. The van der Waals surface area contributed by atoms with E-state index in [0.29, 0.717) is 44.7 Å². The predicted molar refractivity (Wildman–Crippen MR) is 121 cm³/mol. The maximum Gasteiger partial charge on any atom is 0.200 e. The van der Waals surface area contributed by atoms with Gasteiger partial charge in [0.2, 0.25) is 11.6 Å². The molecule has 0 fully saturated rings. The first-order valence-corrected chi connectivity index (χ1v) is 12.5. The minimum Gasteiger partial charge on any atom is -0.354 e. The molecule has 5 rings (SSSR count). The van der Waals surface area contributed by atoms with Gasteiger partial charge in [0.05, 0.1) is 21.2 Å². The second-order valence-electron chi connectivity index (χ2n) is 7.55. The van der Waals surface area contributed by atoms with E-state index in [2.05, 4.69) is 5.32 Å². The second-order valence-corrected chi connectivity index (χ2v) is 10.8. The van der Waals surface area contributed by atoms with Crippen LogP contribution in [0.5, 0.6) is 0 Å². The van der Waals surface area contributed by atoms with Gasteiger partial charge in [0, 0.05) is 19.6 Å². The van der Waals surface area contributed by atoms with Gasteiger partial charge in [-0.2, -0.15) is 0 Å². The molecule has 4 aromatic carbocycles. The minimum atomic E-state index is -2.26. The van der Waals surface area contributed by atoms with Crippen molar-refractivity contribution in [2.75, 3.05) is 5.32 Å². The third kappa shape index (κ3) is 4.47. The molecule has 1 aliphatic heterocycles. The fourth-order valence-electron chi connectivity index (χ4n) is 3.36. The zero-order valence-electron chi connectivity index (χ0n) is 18.0. The van der Waals surface area contributed by atoms with Gasteiger partial charge >= 0.3 is 0 Å². The molecule has 0 unspecified atom stereocenters. The fourth-order valence-corrected chi connectivity index (χ4v) is 6.26. The summed E-state index contributed by atoms with van der Waals surface area (Å²) in [6, 6.07) is 8.61. The van der Waals surface area contributed by atoms with Crippen molar-refractivity contribution < 1.29 is 43.9 Å². The Morgan fingerprint density at radius 1 is 0.447 bits per heavy atom. The number of anilines is 2. The summed E-state index contributed by atoms with van der Waals surface area (Å²) in [7, 11) is 0. The van der Waals surface area contributed by atoms with Gasteiger partial charge in [-0.3, -0.25) is 0 Å². The molecule has 0 bridgehead atoms. The smallest absolute Gasteiger partial charge is 0.200 e. The van der Waals surface area contributed by atoms with Crippen molar-refractivity contribution >= 4 is 46.7 Å². The summed E-state index contributed by atoms with van der Waals surface area (Å²) in [6.07, 6.45) is 0. The van der Waals surface area contributed by atoms with E-state index in [1.165, 1.54) is 36.4 Å². The zero-order valence-corrected chi connectivity index (χ0v) is 20.4. The van der Waals surface area contributed by atoms with Crippen molar-refractivity contribution in [1.29, 1.82) is 0 Å². The van der Waals surface area contributed by atoms with E-state index < -0.39 is 68.0 Å². The average Bonchev–Trinajstić information content (AvgIpc) is 2.92. The lowest BCUT2D eigenvalue weighted by Crippen LogP contribution is -2.04. The average molecular weight is 596 g/mol. The Morgan fingerprint density at radius 2 is 0.868 bits per heavy atom. The van der Waals surface area contributed by atoms with Crippen LogP contribution in [0.3, 0.4) is 0 Å². The molecule has 0 saturated carbocycles. The molecule has 0 aliphatic carbocycles. The van der Waals surface area contributed by atoms with E-state index in [9.17, 15) is 43.9 Å². The lowest BCUT2D eigenvalue weighted by Gasteiger charge is -2.22. The molecule has 0 atom stereocenters. The SMILES string of the molecule is Fc1c(F)c(F)c(Sc2ccc3c(c2)Nc2ccc(Sc4c(F)c(F)c(F)c(F)c4F)cc2S3)c(F)c1F. The minimum absolute atomic E-state index is 0.155. The van der Waals surface area contributed by atoms with Crippen molar-refractivity contribution in [3.05, 3.63) is 94.6 Å². The number of hydrogen-bond donors (Lipinski definition) is 1. The van der Waals surface area contributed by atoms with Crippen LogP contribution in [0.15, 0.2) is 65.8 Å². The van der Waals surface area contributed by atoms with Gasteiger partial charge in [-0.25, -0.2) is 43.9 Å². The molecular formula is C24H7F10NS3. The quantitative estimate of drug-likeness (QED) is 0.126. The van der Waals surface area contributed by atoms with Gasteiger partial charge in [0.1, 0.15) is 0 Å². The molecule has 0 spiro atoms. The van der Waals surface area contributed by atoms with Gasteiger partial charge in [0.25, 0.3) is 0 Å². The Kier molecular flexibility index (Phi) is 6.99. The molecule has 0 radical (unpaired) electrons. The number of halogens is 10. The van der Waals surface area contributed by atoms with Gasteiger partial charge in [-0.05, 0) is 36.4 Å². The van der Waals surface area contributed by atoms with Gasteiger partial charge < -0.3 is 5.32 Å². The Morgan fingerprint density at radius 3 is 1.37 bits per heavy atom. The summed E-state index contributed by atoms with van der Waals surface area (Å²) in [5.74, 6) is -20.6. The van der Waals surface area contributed by atoms with Crippen LogP contribution >= 0.6 is 35.3 Å². The monoisotopic (exact) mass is 595 g/mol. The van der Waals surface area contributed by atoms with E-state index >= 15 is 0 Å². The van der Waals surface area contributed by atoms with Crippen LogP contribution in [-0.4, -0.2) is 0 Å². The summed E-state index contributed by atoms with van der Waals surface area (Å²) in [5, 5.41) is 3.01. The number of hydrogen-bond acceptors (Lipinski definition) is 4. The van der Waals surface area contributed by atoms with Crippen molar-refractivity contribution in [3.8, 4) is 0 Å². The standard InChI is InChI=1S/C24H7F10NS3/c25-13-15(27)19(31)23(20(32)16(13)28)36-7-2-4-11-10(5-7)35-9-3-1-8(6-12(9)38-11)37-24-21(33)17(29)14(26)18(30)22(24)34/h1-6,35H. The Hall–Kier alpha value is -2.97. The zero-order chi connectivity index (χ0) is 27.5. The van der Waals surface area contributed by atoms with Crippen LogP contribution in [0, 0.1) is 58.2 Å². The van der Waals surface area contributed by atoms with Crippen molar-refractivity contribution in [2.24, 2.45) is 0 Å². The van der Waals surface area contributed by atoms with Crippen molar-refractivity contribution in [2.45, 2.75) is 29.4 Å². The number of benzene rings is 4. The topological polar surface area (TPSA) is 12.0 Å². The molecule has 1 N–H and O–H groups in total. The Bertz CT molecular complexity index is 1460. The maximum absolute atomic E-state index is 14.1. The highest BCUT2D eigenvalue weighted by Crippen LogP contribution is 2.48. The molecular weight excluding hydrogens is 588 g/mol. The Labute approximate surface area is 219 Å². The summed E-state index contributed by atoms with van der Waals surface area (Å²) in [4.78, 5) is -0.722. The molecule has 4 aromatic rings. The van der Waals surface area contributed by atoms with Crippen LogP contribution < -0.4 is 5.32 Å². The van der Waals surface area contributed by atoms with Gasteiger partial charge in [-0.1, -0.05) is 35.3 Å². The second kappa shape index (κ2) is 9.97. The molecule has 14 heteroatoms. The maximum atomic E-state index is 14.1. The molecule has 0 saturated heterocycles. The first kappa shape index (κ1) is 26.6. The Balaban J connectivity index is 1.41. The first-order valence-electron chi connectivity index (χ1n) is 10.1. The summed E-state index contributed by atoms with van der Waals surface area (Å²) in [5.41, 5.74) is 0.902. The fraction of sp³-hybridized carbons (Fsp3) is 0. The van der Waals surface area contributed by atoms with E-state index in [0.717, 1.165) is 11.8 Å². The molecule has 38 heavy (non-hydrogen) atoms. The largest absolute Gasteiger partial charge is 0.354 e. The summed E-state index contributed by atoms with van der Waals surface area (Å²) >= 11 is 1.83. The molecule has 1 heterocycles.